The molecule has 0 fully saturated rings. The Morgan fingerprint density at radius 1 is 1.25 bits per heavy atom. The van der Waals surface area contributed by atoms with E-state index in [1.807, 2.05) is 24.4 Å². The number of pyridine rings is 1. The molecule has 2 aromatic heterocycles. The zero-order valence-electron chi connectivity index (χ0n) is 8.40. The molecule has 0 saturated carbocycles. The van der Waals surface area contributed by atoms with Crippen molar-refractivity contribution in [2.24, 2.45) is 0 Å². The Labute approximate surface area is 92.0 Å². The number of carbonyl (C=O) groups excluding carboxylic acids is 1. The number of carbonyl (C=O) groups is 1. The highest BCUT2D eigenvalue weighted by Crippen LogP contribution is 2.30. The number of nitrogens with zero attached hydrogens (tertiary/aromatic N) is 1. The number of nitrogens with one attached hydrogen (secondary N) is 2. The lowest BCUT2D eigenvalue weighted by atomic mass is 10.1. The maximum absolute atomic E-state index is 11.7. The van der Waals surface area contributed by atoms with E-state index in [1.165, 1.54) is 0 Å². The number of anilines is 1. The number of rotatable bonds is 1. The average Bonchev–Trinajstić information content (AvgIpc) is 2.89. The molecule has 2 N–H and O–H groups in total. The van der Waals surface area contributed by atoms with Crippen LogP contribution in [-0.2, 0) is 4.79 Å². The fraction of sp³-hybridized carbons (Fsp3) is 0. The van der Waals surface area contributed by atoms with Gasteiger partial charge < -0.3 is 10.3 Å². The molecule has 0 saturated heterocycles. The molecular formula is C12H9N3O. The van der Waals surface area contributed by atoms with Crippen LogP contribution in [0.1, 0.15) is 11.4 Å². The monoisotopic (exact) mass is 211 g/mol. The van der Waals surface area contributed by atoms with Crippen molar-refractivity contribution >= 4 is 23.2 Å². The number of aromatic amines is 1. The van der Waals surface area contributed by atoms with E-state index in [1.54, 1.807) is 18.3 Å². The minimum absolute atomic E-state index is 0.108. The molecule has 4 heteroatoms. The van der Waals surface area contributed by atoms with Gasteiger partial charge in [0.2, 0.25) is 0 Å². The summed E-state index contributed by atoms with van der Waals surface area (Å²) in [6.45, 7) is 0. The zero-order valence-corrected chi connectivity index (χ0v) is 8.40. The van der Waals surface area contributed by atoms with Crippen LogP contribution >= 0.6 is 0 Å². The first-order valence-corrected chi connectivity index (χ1v) is 4.96. The Kier molecular flexibility index (Phi) is 1.86. The number of H-pyrrole nitrogens is 1. The summed E-state index contributed by atoms with van der Waals surface area (Å²) >= 11 is 0. The molecule has 0 aromatic carbocycles. The quantitative estimate of drug-likeness (QED) is 0.708. The van der Waals surface area contributed by atoms with Gasteiger partial charge in [0.15, 0.2) is 0 Å². The highest BCUT2D eigenvalue weighted by atomic mass is 16.2. The van der Waals surface area contributed by atoms with Gasteiger partial charge in [0.1, 0.15) is 0 Å². The molecular weight excluding hydrogens is 202 g/mol. The molecule has 16 heavy (non-hydrogen) atoms. The van der Waals surface area contributed by atoms with Gasteiger partial charge in [0, 0.05) is 18.1 Å². The highest BCUT2D eigenvalue weighted by molar-refractivity contribution is 6.34. The minimum Gasteiger partial charge on any atom is -0.362 e. The number of aromatic nitrogens is 2. The molecule has 2 aromatic rings. The standard InChI is InChI=1S/C12H9N3O/c16-12-9(7-8-3-1-5-13-8)11-10(15-12)4-2-6-14-11/h1-7,13H,(H,15,16)/b9-7-. The number of hydrogen-bond acceptors (Lipinski definition) is 2. The van der Waals surface area contributed by atoms with Crippen molar-refractivity contribution in [2.45, 2.75) is 0 Å². The summed E-state index contributed by atoms with van der Waals surface area (Å²) in [7, 11) is 0. The van der Waals surface area contributed by atoms with E-state index in [4.69, 9.17) is 0 Å². The van der Waals surface area contributed by atoms with Crippen LogP contribution in [0.3, 0.4) is 0 Å². The van der Waals surface area contributed by atoms with Crippen molar-refractivity contribution in [2.75, 3.05) is 5.32 Å². The third-order valence-corrected chi connectivity index (χ3v) is 2.48. The van der Waals surface area contributed by atoms with Crippen molar-refractivity contribution in [1.82, 2.24) is 9.97 Å². The lowest BCUT2D eigenvalue weighted by Gasteiger charge is -1.94. The molecule has 3 rings (SSSR count). The summed E-state index contributed by atoms with van der Waals surface area (Å²) in [5, 5.41) is 2.78. The molecule has 4 nitrogen and oxygen atoms in total. The van der Waals surface area contributed by atoms with Gasteiger partial charge in [-0.25, -0.2) is 0 Å². The Balaban J connectivity index is 2.12. The fourth-order valence-electron chi connectivity index (χ4n) is 1.74. The van der Waals surface area contributed by atoms with Crippen LogP contribution in [0, 0.1) is 0 Å². The molecule has 0 unspecified atom stereocenters. The minimum atomic E-state index is -0.108. The fourth-order valence-corrected chi connectivity index (χ4v) is 1.74. The second-order valence-electron chi connectivity index (χ2n) is 3.54. The summed E-state index contributed by atoms with van der Waals surface area (Å²) in [6.07, 6.45) is 5.30. The van der Waals surface area contributed by atoms with Gasteiger partial charge in [-0.1, -0.05) is 0 Å². The van der Waals surface area contributed by atoms with Gasteiger partial charge >= 0.3 is 0 Å². The molecule has 0 aliphatic carbocycles. The molecule has 0 radical (unpaired) electrons. The molecule has 0 bridgehead atoms. The Morgan fingerprint density at radius 3 is 3.00 bits per heavy atom. The van der Waals surface area contributed by atoms with Crippen LogP contribution < -0.4 is 5.32 Å². The van der Waals surface area contributed by atoms with Gasteiger partial charge in [0.25, 0.3) is 5.91 Å². The van der Waals surface area contributed by atoms with Crippen LogP contribution in [0.4, 0.5) is 5.69 Å². The molecule has 78 valence electrons. The van der Waals surface area contributed by atoms with Gasteiger partial charge in [-0.2, -0.15) is 0 Å². The summed E-state index contributed by atoms with van der Waals surface area (Å²) in [6, 6.07) is 7.44. The maximum atomic E-state index is 11.7. The second kappa shape index (κ2) is 3.34. The molecule has 1 amide bonds. The van der Waals surface area contributed by atoms with Gasteiger partial charge in [-0.05, 0) is 30.3 Å². The van der Waals surface area contributed by atoms with Crippen molar-refractivity contribution in [3.8, 4) is 0 Å². The van der Waals surface area contributed by atoms with E-state index < -0.39 is 0 Å². The normalized spacial score (nSPS) is 16.2. The van der Waals surface area contributed by atoms with Gasteiger partial charge in [0.05, 0.1) is 17.0 Å². The van der Waals surface area contributed by atoms with Crippen LogP contribution in [0.15, 0.2) is 36.7 Å². The first-order valence-electron chi connectivity index (χ1n) is 4.96. The largest absolute Gasteiger partial charge is 0.362 e. The lowest BCUT2D eigenvalue weighted by Crippen LogP contribution is -2.03. The topological polar surface area (TPSA) is 57.8 Å². The average molecular weight is 211 g/mol. The smallest absolute Gasteiger partial charge is 0.258 e. The Morgan fingerprint density at radius 2 is 2.19 bits per heavy atom. The molecule has 1 aliphatic heterocycles. The molecule has 3 heterocycles. The summed E-state index contributed by atoms with van der Waals surface area (Å²) < 4.78 is 0. The van der Waals surface area contributed by atoms with Gasteiger partial charge in [-0.3, -0.25) is 9.78 Å². The van der Waals surface area contributed by atoms with Gasteiger partial charge in [-0.15, -0.1) is 0 Å². The Hall–Kier alpha value is -2.36. The van der Waals surface area contributed by atoms with Crippen molar-refractivity contribution in [3.63, 3.8) is 0 Å². The van der Waals surface area contributed by atoms with Crippen LogP contribution in [0.5, 0.6) is 0 Å². The predicted molar refractivity (Wildman–Crippen MR) is 61.5 cm³/mol. The van der Waals surface area contributed by atoms with Crippen LogP contribution in [0.2, 0.25) is 0 Å². The van der Waals surface area contributed by atoms with E-state index in [2.05, 4.69) is 15.3 Å². The summed E-state index contributed by atoms with van der Waals surface area (Å²) in [5.41, 5.74) is 2.97. The summed E-state index contributed by atoms with van der Waals surface area (Å²) in [4.78, 5) is 19.0. The second-order valence-corrected chi connectivity index (χ2v) is 3.54. The van der Waals surface area contributed by atoms with E-state index in [9.17, 15) is 4.79 Å². The maximum Gasteiger partial charge on any atom is 0.258 e. The van der Waals surface area contributed by atoms with Crippen LogP contribution in [-0.4, -0.2) is 15.9 Å². The SMILES string of the molecule is O=C1Nc2cccnc2/C1=C/c1ccc[nH]1. The Bertz CT molecular complexity index is 570. The zero-order chi connectivity index (χ0) is 11.0. The van der Waals surface area contributed by atoms with E-state index in [0.29, 0.717) is 11.3 Å². The highest BCUT2D eigenvalue weighted by Gasteiger charge is 2.24. The van der Waals surface area contributed by atoms with E-state index in [0.717, 1.165) is 11.4 Å². The molecule has 0 spiro atoms. The predicted octanol–water partition coefficient (Wildman–Crippen LogP) is 1.90. The number of hydrogen-bond donors (Lipinski definition) is 2. The van der Waals surface area contributed by atoms with Crippen LogP contribution in [0.25, 0.3) is 11.6 Å². The van der Waals surface area contributed by atoms with E-state index >= 15 is 0 Å². The first-order chi connectivity index (χ1) is 7.84. The third-order valence-electron chi connectivity index (χ3n) is 2.48. The first kappa shape index (κ1) is 8.91. The summed E-state index contributed by atoms with van der Waals surface area (Å²) in [5.74, 6) is -0.108. The van der Waals surface area contributed by atoms with Crippen molar-refractivity contribution in [3.05, 3.63) is 48.0 Å². The number of fused-ring (bicyclic) bond motifs is 1. The third kappa shape index (κ3) is 1.32. The van der Waals surface area contributed by atoms with E-state index in [-0.39, 0.29) is 5.91 Å². The lowest BCUT2D eigenvalue weighted by molar-refractivity contribution is -0.110. The van der Waals surface area contributed by atoms with Crippen molar-refractivity contribution < 1.29 is 4.79 Å². The molecule has 1 aliphatic rings. The van der Waals surface area contributed by atoms with Crippen molar-refractivity contribution in [1.29, 1.82) is 0 Å². The number of amides is 1. The molecule has 0 atom stereocenters.